The molecule has 0 bridgehead atoms. The Labute approximate surface area is 160 Å². The number of rotatable bonds is 9. The second-order valence-corrected chi connectivity index (χ2v) is 5.85. The summed E-state index contributed by atoms with van der Waals surface area (Å²) < 4.78 is 42.2. The van der Waals surface area contributed by atoms with Crippen molar-refractivity contribution in [2.45, 2.75) is 20.0 Å². The van der Waals surface area contributed by atoms with Crippen LogP contribution < -0.4 is 20.7 Å². The Balaban J connectivity index is 1.76. The quantitative estimate of drug-likeness (QED) is 0.610. The third kappa shape index (κ3) is 7.18. The molecule has 0 saturated heterocycles. The number of carbonyl (C=O) groups is 2. The van der Waals surface area contributed by atoms with E-state index in [4.69, 9.17) is 0 Å². The summed E-state index contributed by atoms with van der Waals surface area (Å²) in [5, 5.41) is 7.87. The molecule has 0 aliphatic heterocycles. The number of hydrogen-bond donors (Lipinski definition) is 3. The first kappa shape index (κ1) is 21.1. The van der Waals surface area contributed by atoms with Gasteiger partial charge in [0.2, 0.25) is 11.8 Å². The van der Waals surface area contributed by atoms with Gasteiger partial charge in [-0.3, -0.25) is 9.59 Å². The van der Waals surface area contributed by atoms with E-state index >= 15 is 0 Å². The summed E-state index contributed by atoms with van der Waals surface area (Å²) in [6.45, 7) is -1.36. The molecule has 0 aliphatic carbocycles. The molecular weight excluding hydrogens is 375 g/mol. The highest BCUT2D eigenvalue weighted by Crippen LogP contribution is 2.19. The first-order valence-corrected chi connectivity index (χ1v) is 8.45. The standard InChI is InChI=1S/C19H20F3N3O3/c1-12(26)25-14-4-7-16(20)17(10-14)24-11-18(27)23-9-8-13-2-5-15(6-3-13)28-19(21)22/h2-7,10,19,24H,8-9,11H2,1H3,(H,23,27)(H,25,26). The van der Waals surface area contributed by atoms with Crippen LogP contribution in [-0.2, 0) is 16.0 Å². The van der Waals surface area contributed by atoms with Gasteiger partial charge in [0.25, 0.3) is 0 Å². The van der Waals surface area contributed by atoms with Gasteiger partial charge in [-0.15, -0.1) is 0 Å². The second-order valence-electron chi connectivity index (χ2n) is 5.85. The normalized spacial score (nSPS) is 10.5. The molecule has 150 valence electrons. The average molecular weight is 395 g/mol. The third-order valence-corrected chi connectivity index (χ3v) is 3.61. The minimum absolute atomic E-state index is 0.0653. The molecule has 3 N–H and O–H groups in total. The van der Waals surface area contributed by atoms with Crippen LogP contribution in [0.3, 0.4) is 0 Å². The van der Waals surface area contributed by atoms with E-state index in [1.54, 1.807) is 12.1 Å². The highest BCUT2D eigenvalue weighted by molar-refractivity contribution is 5.89. The molecule has 0 aromatic heterocycles. The van der Waals surface area contributed by atoms with Crippen LogP contribution in [0.15, 0.2) is 42.5 Å². The van der Waals surface area contributed by atoms with Crippen molar-refractivity contribution in [1.82, 2.24) is 5.32 Å². The topological polar surface area (TPSA) is 79.5 Å². The lowest BCUT2D eigenvalue weighted by Crippen LogP contribution is -2.31. The summed E-state index contributed by atoms with van der Waals surface area (Å²) >= 11 is 0. The summed E-state index contributed by atoms with van der Waals surface area (Å²) in [6.07, 6.45) is 0.493. The molecule has 0 atom stereocenters. The van der Waals surface area contributed by atoms with Crippen LogP contribution in [0.25, 0.3) is 0 Å². The smallest absolute Gasteiger partial charge is 0.387 e. The Morgan fingerprint density at radius 1 is 1.11 bits per heavy atom. The Hall–Kier alpha value is -3.23. The second kappa shape index (κ2) is 10.2. The van der Waals surface area contributed by atoms with Crippen LogP contribution in [0.4, 0.5) is 24.5 Å². The molecule has 0 spiro atoms. The van der Waals surface area contributed by atoms with Crippen LogP contribution in [-0.4, -0.2) is 31.5 Å². The van der Waals surface area contributed by atoms with Crippen molar-refractivity contribution in [3.05, 3.63) is 53.8 Å². The zero-order valence-corrected chi connectivity index (χ0v) is 15.1. The van der Waals surface area contributed by atoms with Gasteiger partial charge in [0, 0.05) is 19.2 Å². The maximum Gasteiger partial charge on any atom is 0.387 e. The van der Waals surface area contributed by atoms with Crippen LogP contribution >= 0.6 is 0 Å². The Morgan fingerprint density at radius 3 is 2.46 bits per heavy atom. The molecule has 0 unspecified atom stereocenters. The Kier molecular flexibility index (Phi) is 7.67. The van der Waals surface area contributed by atoms with Gasteiger partial charge in [0.05, 0.1) is 12.2 Å². The number of anilines is 2. The third-order valence-electron chi connectivity index (χ3n) is 3.61. The molecule has 2 aromatic rings. The Bertz CT molecular complexity index is 814. The number of alkyl halides is 2. The van der Waals surface area contributed by atoms with E-state index in [0.717, 1.165) is 5.56 Å². The van der Waals surface area contributed by atoms with Gasteiger partial charge in [0.1, 0.15) is 11.6 Å². The molecule has 2 rings (SSSR count). The number of benzene rings is 2. The van der Waals surface area contributed by atoms with Gasteiger partial charge in [-0.25, -0.2) is 4.39 Å². The zero-order chi connectivity index (χ0) is 20.5. The number of nitrogens with one attached hydrogen (secondary N) is 3. The molecule has 6 nitrogen and oxygen atoms in total. The van der Waals surface area contributed by atoms with E-state index < -0.39 is 12.4 Å². The number of ether oxygens (including phenoxy) is 1. The van der Waals surface area contributed by atoms with Crippen molar-refractivity contribution < 1.29 is 27.5 Å². The van der Waals surface area contributed by atoms with Crippen LogP contribution in [0, 0.1) is 5.82 Å². The minimum Gasteiger partial charge on any atom is -0.435 e. The van der Waals surface area contributed by atoms with E-state index in [2.05, 4.69) is 20.7 Å². The van der Waals surface area contributed by atoms with Gasteiger partial charge in [0.15, 0.2) is 0 Å². The zero-order valence-electron chi connectivity index (χ0n) is 15.1. The maximum absolute atomic E-state index is 13.8. The van der Waals surface area contributed by atoms with Crippen molar-refractivity contribution in [2.24, 2.45) is 0 Å². The highest BCUT2D eigenvalue weighted by atomic mass is 19.3. The average Bonchev–Trinajstić information content (AvgIpc) is 2.63. The first-order chi connectivity index (χ1) is 13.3. The molecule has 0 saturated carbocycles. The summed E-state index contributed by atoms with van der Waals surface area (Å²) in [6, 6.07) is 10.1. The lowest BCUT2D eigenvalue weighted by molar-refractivity contribution is -0.119. The van der Waals surface area contributed by atoms with Crippen molar-refractivity contribution in [2.75, 3.05) is 23.7 Å². The van der Waals surface area contributed by atoms with E-state index in [9.17, 15) is 22.8 Å². The molecule has 9 heteroatoms. The predicted octanol–water partition coefficient (Wildman–Crippen LogP) is 3.16. The van der Waals surface area contributed by atoms with E-state index in [-0.39, 0.29) is 29.8 Å². The van der Waals surface area contributed by atoms with Gasteiger partial charge < -0.3 is 20.7 Å². The lowest BCUT2D eigenvalue weighted by Gasteiger charge is -2.11. The number of carbonyl (C=O) groups excluding carboxylic acids is 2. The van der Waals surface area contributed by atoms with Crippen molar-refractivity contribution in [3.8, 4) is 5.75 Å². The summed E-state index contributed by atoms with van der Waals surface area (Å²) in [5.41, 5.74) is 1.34. The van der Waals surface area contributed by atoms with Crippen LogP contribution in [0.2, 0.25) is 0 Å². The molecular formula is C19H20F3N3O3. The lowest BCUT2D eigenvalue weighted by atomic mass is 10.1. The van der Waals surface area contributed by atoms with Gasteiger partial charge in [-0.05, 0) is 42.3 Å². The van der Waals surface area contributed by atoms with Gasteiger partial charge in [-0.1, -0.05) is 12.1 Å². The molecule has 0 fully saturated rings. The van der Waals surface area contributed by atoms with Crippen LogP contribution in [0.5, 0.6) is 5.75 Å². The molecule has 2 aromatic carbocycles. The largest absolute Gasteiger partial charge is 0.435 e. The predicted molar refractivity (Wildman–Crippen MR) is 99.0 cm³/mol. The van der Waals surface area contributed by atoms with Crippen molar-refractivity contribution >= 4 is 23.2 Å². The number of halogens is 3. The Morgan fingerprint density at radius 2 is 1.82 bits per heavy atom. The van der Waals surface area contributed by atoms with Crippen molar-refractivity contribution in [3.63, 3.8) is 0 Å². The fourth-order valence-corrected chi connectivity index (χ4v) is 2.36. The maximum atomic E-state index is 13.8. The molecule has 0 aliphatic rings. The molecule has 0 radical (unpaired) electrons. The molecule has 28 heavy (non-hydrogen) atoms. The number of hydrogen-bond acceptors (Lipinski definition) is 4. The van der Waals surface area contributed by atoms with Gasteiger partial charge >= 0.3 is 6.61 Å². The summed E-state index contributed by atoms with van der Waals surface area (Å²) in [5.74, 6) is -1.12. The molecule has 0 heterocycles. The van der Waals surface area contributed by atoms with E-state index in [0.29, 0.717) is 18.7 Å². The van der Waals surface area contributed by atoms with E-state index in [1.165, 1.54) is 37.3 Å². The SMILES string of the molecule is CC(=O)Nc1ccc(F)c(NCC(=O)NCCc2ccc(OC(F)F)cc2)c1. The van der Waals surface area contributed by atoms with E-state index in [1.807, 2.05) is 0 Å². The molecule has 2 amide bonds. The monoisotopic (exact) mass is 395 g/mol. The van der Waals surface area contributed by atoms with Gasteiger partial charge in [-0.2, -0.15) is 8.78 Å². The first-order valence-electron chi connectivity index (χ1n) is 8.45. The summed E-state index contributed by atoms with van der Waals surface area (Å²) in [7, 11) is 0. The number of amides is 2. The fraction of sp³-hybridized carbons (Fsp3) is 0.263. The minimum atomic E-state index is -2.87. The van der Waals surface area contributed by atoms with Crippen molar-refractivity contribution in [1.29, 1.82) is 0 Å². The fourth-order valence-electron chi connectivity index (χ4n) is 2.36. The van der Waals surface area contributed by atoms with Crippen LogP contribution in [0.1, 0.15) is 12.5 Å². The summed E-state index contributed by atoms with van der Waals surface area (Å²) in [4.78, 5) is 22.9. The highest BCUT2D eigenvalue weighted by Gasteiger charge is 2.07.